The third-order valence-electron chi connectivity index (χ3n) is 3.85. The van der Waals surface area contributed by atoms with Crippen LogP contribution in [0.25, 0.3) is 0 Å². The van der Waals surface area contributed by atoms with Gasteiger partial charge in [-0.2, -0.15) is 0 Å². The largest absolute Gasteiger partial charge is 0.481 e. The first-order chi connectivity index (χ1) is 9.65. The van der Waals surface area contributed by atoms with Crippen molar-refractivity contribution in [3.63, 3.8) is 0 Å². The molecular formula is C15H17N3O2. The number of imidazole rings is 1. The molecule has 1 N–H and O–H groups in total. The van der Waals surface area contributed by atoms with Crippen LogP contribution in [0, 0.1) is 0 Å². The quantitative estimate of drug-likeness (QED) is 0.921. The van der Waals surface area contributed by atoms with E-state index in [2.05, 4.69) is 9.88 Å². The van der Waals surface area contributed by atoms with Gasteiger partial charge in [0.2, 0.25) is 0 Å². The van der Waals surface area contributed by atoms with E-state index in [4.69, 9.17) is 0 Å². The molecular weight excluding hydrogens is 254 g/mol. The maximum absolute atomic E-state index is 11.5. The average Bonchev–Trinajstić information content (AvgIpc) is 2.83. The molecule has 2 heterocycles. The number of nitrogens with zero attached hydrogens (tertiary/aromatic N) is 3. The zero-order valence-corrected chi connectivity index (χ0v) is 11.4. The minimum atomic E-state index is -0.762. The first-order valence-corrected chi connectivity index (χ1v) is 6.64. The summed E-state index contributed by atoms with van der Waals surface area (Å²) in [6, 6.07) is 7.80. The molecule has 0 bridgehead atoms. The first kappa shape index (κ1) is 12.9. The minimum absolute atomic E-state index is 0.458. The van der Waals surface area contributed by atoms with Gasteiger partial charge in [-0.15, -0.1) is 0 Å². The number of fused-ring (bicyclic) bond motifs is 1. The number of aromatic nitrogens is 2. The molecule has 0 saturated heterocycles. The monoisotopic (exact) mass is 271 g/mol. The Morgan fingerprint density at radius 3 is 2.95 bits per heavy atom. The van der Waals surface area contributed by atoms with Crippen molar-refractivity contribution in [1.29, 1.82) is 0 Å². The third-order valence-corrected chi connectivity index (χ3v) is 3.85. The van der Waals surface area contributed by atoms with E-state index in [1.807, 2.05) is 42.1 Å². The lowest BCUT2D eigenvalue weighted by Gasteiger charge is -2.32. The van der Waals surface area contributed by atoms with Crippen LogP contribution in [0.3, 0.4) is 0 Å². The number of aryl methyl sites for hydroxylation is 1. The SMILES string of the molecule is Cn1ccnc1CN1Cc2ccccc2C(C(=O)O)C1. The molecule has 2 aromatic rings. The van der Waals surface area contributed by atoms with Gasteiger partial charge in [0, 0.05) is 32.5 Å². The minimum Gasteiger partial charge on any atom is -0.481 e. The van der Waals surface area contributed by atoms with Crippen molar-refractivity contribution >= 4 is 5.97 Å². The van der Waals surface area contributed by atoms with E-state index in [9.17, 15) is 9.90 Å². The highest BCUT2D eigenvalue weighted by atomic mass is 16.4. The van der Waals surface area contributed by atoms with Crippen molar-refractivity contribution in [1.82, 2.24) is 14.5 Å². The highest BCUT2D eigenvalue weighted by Gasteiger charge is 2.30. The third kappa shape index (κ3) is 2.32. The number of aliphatic carboxylic acids is 1. The van der Waals surface area contributed by atoms with E-state index in [0.717, 1.165) is 23.5 Å². The van der Waals surface area contributed by atoms with Crippen LogP contribution in [0.5, 0.6) is 0 Å². The second-order valence-electron chi connectivity index (χ2n) is 5.21. The number of rotatable bonds is 3. The number of hydrogen-bond acceptors (Lipinski definition) is 3. The van der Waals surface area contributed by atoms with E-state index >= 15 is 0 Å². The summed E-state index contributed by atoms with van der Waals surface area (Å²) in [6.45, 7) is 1.97. The van der Waals surface area contributed by atoms with Gasteiger partial charge >= 0.3 is 5.97 Å². The van der Waals surface area contributed by atoms with Crippen LogP contribution in [-0.4, -0.2) is 32.1 Å². The van der Waals surface area contributed by atoms with Crippen LogP contribution in [0.15, 0.2) is 36.7 Å². The number of hydrogen-bond donors (Lipinski definition) is 1. The standard InChI is InChI=1S/C15H17N3O2/c1-17-7-6-16-14(17)10-18-8-11-4-2-3-5-12(11)13(9-18)15(19)20/h2-7,13H,8-10H2,1H3,(H,19,20). The lowest BCUT2D eigenvalue weighted by Crippen LogP contribution is -2.36. The molecule has 5 heteroatoms. The van der Waals surface area contributed by atoms with Gasteiger partial charge in [0.15, 0.2) is 0 Å². The van der Waals surface area contributed by atoms with Crippen molar-refractivity contribution in [2.45, 2.75) is 19.0 Å². The lowest BCUT2D eigenvalue weighted by atomic mass is 9.90. The fraction of sp³-hybridized carbons (Fsp3) is 0.333. The molecule has 0 radical (unpaired) electrons. The zero-order valence-electron chi connectivity index (χ0n) is 11.4. The molecule has 3 rings (SSSR count). The fourth-order valence-electron chi connectivity index (χ4n) is 2.76. The summed E-state index contributed by atoms with van der Waals surface area (Å²) in [4.78, 5) is 17.9. The molecule has 104 valence electrons. The maximum atomic E-state index is 11.5. The van der Waals surface area contributed by atoms with Gasteiger partial charge in [-0.1, -0.05) is 24.3 Å². The Morgan fingerprint density at radius 2 is 2.25 bits per heavy atom. The topological polar surface area (TPSA) is 58.4 Å². The smallest absolute Gasteiger partial charge is 0.312 e. The van der Waals surface area contributed by atoms with E-state index in [0.29, 0.717) is 13.1 Å². The number of carboxylic acids is 1. The molecule has 1 atom stereocenters. The zero-order chi connectivity index (χ0) is 14.1. The van der Waals surface area contributed by atoms with Gasteiger partial charge in [0.05, 0.1) is 12.5 Å². The van der Waals surface area contributed by atoms with Crippen molar-refractivity contribution in [3.8, 4) is 0 Å². The molecule has 1 aliphatic heterocycles. The Kier molecular flexibility index (Phi) is 3.28. The lowest BCUT2D eigenvalue weighted by molar-refractivity contribution is -0.139. The predicted molar refractivity (Wildman–Crippen MR) is 74.1 cm³/mol. The van der Waals surface area contributed by atoms with E-state index in [-0.39, 0.29) is 0 Å². The van der Waals surface area contributed by atoms with Crippen molar-refractivity contribution in [2.75, 3.05) is 6.54 Å². The van der Waals surface area contributed by atoms with Crippen LogP contribution >= 0.6 is 0 Å². The molecule has 0 spiro atoms. The van der Waals surface area contributed by atoms with Crippen LogP contribution in [0.2, 0.25) is 0 Å². The molecule has 0 amide bonds. The van der Waals surface area contributed by atoms with Crippen molar-refractivity contribution < 1.29 is 9.90 Å². The van der Waals surface area contributed by atoms with Crippen LogP contribution in [-0.2, 0) is 24.9 Å². The van der Waals surface area contributed by atoms with Crippen LogP contribution in [0.1, 0.15) is 22.9 Å². The van der Waals surface area contributed by atoms with Gasteiger partial charge in [0.25, 0.3) is 0 Å². The first-order valence-electron chi connectivity index (χ1n) is 6.64. The van der Waals surface area contributed by atoms with Gasteiger partial charge in [-0.25, -0.2) is 4.98 Å². The summed E-state index contributed by atoms with van der Waals surface area (Å²) >= 11 is 0. The average molecular weight is 271 g/mol. The van der Waals surface area contributed by atoms with Crippen LogP contribution in [0.4, 0.5) is 0 Å². The van der Waals surface area contributed by atoms with Gasteiger partial charge in [0.1, 0.15) is 5.82 Å². The molecule has 1 aromatic heterocycles. The fourth-order valence-corrected chi connectivity index (χ4v) is 2.76. The van der Waals surface area contributed by atoms with Gasteiger partial charge in [-0.3, -0.25) is 9.69 Å². The summed E-state index contributed by atoms with van der Waals surface area (Å²) in [7, 11) is 1.95. The summed E-state index contributed by atoms with van der Waals surface area (Å²) in [5.74, 6) is -0.268. The normalized spacial score (nSPS) is 18.8. The Hall–Kier alpha value is -2.14. The predicted octanol–water partition coefficient (Wildman–Crippen LogP) is 1.60. The van der Waals surface area contributed by atoms with Gasteiger partial charge in [-0.05, 0) is 11.1 Å². The van der Waals surface area contributed by atoms with E-state index in [1.165, 1.54) is 0 Å². The molecule has 20 heavy (non-hydrogen) atoms. The molecule has 5 nitrogen and oxygen atoms in total. The van der Waals surface area contributed by atoms with E-state index in [1.54, 1.807) is 6.20 Å². The summed E-state index contributed by atoms with van der Waals surface area (Å²) < 4.78 is 1.97. The number of carboxylic acid groups (broad SMARTS) is 1. The van der Waals surface area contributed by atoms with Gasteiger partial charge < -0.3 is 9.67 Å². The van der Waals surface area contributed by atoms with Crippen LogP contribution < -0.4 is 0 Å². The molecule has 1 unspecified atom stereocenters. The summed E-state index contributed by atoms with van der Waals surface area (Å²) in [5, 5.41) is 9.44. The maximum Gasteiger partial charge on any atom is 0.312 e. The Balaban J connectivity index is 1.86. The second-order valence-corrected chi connectivity index (χ2v) is 5.21. The highest BCUT2D eigenvalue weighted by molar-refractivity contribution is 5.77. The van der Waals surface area contributed by atoms with E-state index < -0.39 is 11.9 Å². The number of carbonyl (C=O) groups is 1. The Labute approximate surface area is 117 Å². The molecule has 0 aliphatic carbocycles. The van der Waals surface area contributed by atoms with Crippen molar-refractivity contribution in [2.24, 2.45) is 7.05 Å². The Bertz CT molecular complexity index is 636. The van der Waals surface area contributed by atoms with Crippen molar-refractivity contribution in [3.05, 3.63) is 53.6 Å². The molecule has 1 aromatic carbocycles. The molecule has 0 fully saturated rings. The summed E-state index contributed by atoms with van der Waals surface area (Å²) in [6.07, 6.45) is 3.67. The number of benzene rings is 1. The Morgan fingerprint density at radius 1 is 1.45 bits per heavy atom. The molecule has 1 aliphatic rings. The molecule has 0 saturated carbocycles. The highest BCUT2D eigenvalue weighted by Crippen LogP contribution is 2.29. The summed E-state index contributed by atoms with van der Waals surface area (Å²) in [5.41, 5.74) is 2.04. The second kappa shape index (κ2) is 5.09.